The second-order valence-corrected chi connectivity index (χ2v) is 4.47. The van der Waals surface area contributed by atoms with Gasteiger partial charge in [-0.2, -0.15) is 0 Å². The lowest BCUT2D eigenvalue weighted by molar-refractivity contribution is -0.204. The number of aliphatic hydroxyl groups excluding tert-OH is 2. The van der Waals surface area contributed by atoms with E-state index in [0.29, 0.717) is 6.20 Å². The molecule has 20 heavy (non-hydrogen) atoms. The van der Waals surface area contributed by atoms with Crippen molar-refractivity contribution in [1.82, 2.24) is 4.90 Å². The predicted molar refractivity (Wildman–Crippen MR) is 58.9 cm³/mol. The van der Waals surface area contributed by atoms with Gasteiger partial charge in [0.2, 0.25) is 6.35 Å². The van der Waals surface area contributed by atoms with Crippen molar-refractivity contribution in [2.24, 2.45) is 10.7 Å². The molecule has 0 aromatic heterocycles. The first-order chi connectivity index (χ1) is 9.31. The first-order valence-corrected chi connectivity index (χ1v) is 5.69. The molecule has 1 saturated heterocycles. The topological polar surface area (TPSA) is 91.3 Å². The predicted octanol–water partition coefficient (Wildman–Crippen LogP) is -0.173. The normalized spacial score (nSPS) is 38.1. The van der Waals surface area contributed by atoms with Crippen LogP contribution in [0.1, 0.15) is 6.42 Å². The van der Waals surface area contributed by atoms with E-state index in [2.05, 4.69) is 4.99 Å². The highest BCUT2D eigenvalue weighted by molar-refractivity contribution is 5.95. The fourth-order valence-electron chi connectivity index (χ4n) is 2.08. The van der Waals surface area contributed by atoms with Gasteiger partial charge in [-0.3, -0.25) is 0 Å². The number of ether oxygens (including phenoxy) is 1. The summed E-state index contributed by atoms with van der Waals surface area (Å²) < 4.78 is 57.6. The van der Waals surface area contributed by atoms with Crippen LogP contribution in [0, 0.1) is 0 Å². The van der Waals surface area contributed by atoms with Crippen molar-refractivity contribution >= 4 is 5.84 Å². The second-order valence-electron chi connectivity index (χ2n) is 4.47. The van der Waals surface area contributed by atoms with E-state index in [0.717, 1.165) is 4.90 Å². The molecule has 0 aromatic carbocycles. The lowest BCUT2D eigenvalue weighted by atomic mass is 10.00. The van der Waals surface area contributed by atoms with Gasteiger partial charge in [-0.1, -0.05) is 0 Å². The number of nitrogens with two attached hydrogens (primary N) is 1. The minimum atomic E-state index is -3.28. The number of alkyl halides is 3. The number of nitrogens with zero attached hydrogens (tertiary/aromatic N) is 2. The summed E-state index contributed by atoms with van der Waals surface area (Å²) >= 11 is 0. The lowest BCUT2D eigenvalue weighted by Gasteiger charge is -2.34. The summed E-state index contributed by atoms with van der Waals surface area (Å²) in [6.07, 6.45) is -8.42. The summed E-state index contributed by atoms with van der Waals surface area (Å²) in [7, 11) is 0. The van der Waals surface area contributed by atoms with Crippen molar-refractivity contribution in [2.45, 2.75) is 37.2 Å². The average Bonchev–Trinajstić information content (AvgIpc) is 2.72. The van der Waals surface area contributed by atoms with E-state index in [1.54, 1.807) is 0 Å². The molecule has 1 fully saturated rings. The monoisotopic (exact) mass is 299 g/mol. The summed E-state index contributed by atoms with van der Waals surface area (Å²) in [5.41, 5.74) is 2.44. The Kier molecular flexibility index (Phi) is 3.89. The first kappa shape index (κ1) is 15.0. The van der Waals surface area contributed by atoms with Gasteiger partial charge in [0.05, 0.1) is 6.61 Å². The standard InChI is InChI=1S/C10H13F4N3O3/c11-4-2-17(9(19)16-7(4)15)6-1-5(12)10(3-18,20-6)8(13)14/h2,5-6,8-9,18-19H,1,3H2,(H2,15,16)/t5-,6-,9?,10-/m1/s1. The van der Waals surface area contributed by atoms with Crippen molar-refractivity contribution in [3.05, 3.63) is 12.0 Å². The molecule has 2 heterocycles. The van der Waals surface area contributed by atoms with E-state index in [-0.39, 0.29) is 0 Å². The Labute approximate surface area is 111 Å². The third-order valence-electron chi connectivity index (χ3n) is 3.27. The molecule has 0 saturated carbocycles. The highest BCUT2D eigenvalue weighted by Crippen LogP contribution is 2.40. The van der Waals surface area contributed by atoms with Crippen LogP contribution in [0.3, 0.4) is 0 Å². The third kappa shape index (κ3) is 2.23. The second kappa shape index (κ2) is 5.19. The number of aliphatic imine (C=N–C) groups is 1. The molecule has 0 aromatic rings. The summed E-state index contributed by atoms with van der Waals surface area (Å²) in [6.45, 7) is -1.25. The molecule has 0 amide bonds. The molecule has 2 aliphatic rings. The van der Waals surface area contributed by atoms with Gasteiger partial charge in [0.25, 0.3) is 6.43 Å². The van der Waals surface area contributed by atoms with Gasteiger partial charge in [-0.15, -0.1) is 0 Å². The van der Waals surface area contributed by atoms with Crippen LogP contribution in [0.5, 0.6) is 0 Å². The molecule has 4 atom stereocenters. The molecular weight excluding hydrogens is 286 g/mol. The van der Waals surface area contributed by atoms with Crippen molar-refractivity contribution in [1.29, 1.82) is 0 Å². The van der Waals surface area contributed by atoms with Crippen LogP contribution in [-0.4, -0.2) is 58.3 Å². The Morgan fingerprint density at radius 1 is 1.60 bits per heavy atom. The summed E-state index contributed by atoms with van der Waals surface area (Å²) in [5.74, 6) is -1.57. The summed E-state index contributed by atoms with van der Waals surface area (Å²) in [6, 6.07) is 0. The minimum Gasteiger partial charge on any atom is -0.393 e. The Morgan fingerprint density at radius 2 is 2.25 bits per heavy atom. The highest BCUT2D eigenvalue weighted by atomic mass is 19.3. The number of hydrogen-bond acceptors (Lipinski definition) is 6. The van der Waals surface area contributed by atoms with Crippen LogP contribution in [-0.2, 0) is 4.74 Å². The van der Waals surface area contributed by atoms with Crippen molar-refractivity contribution in [2.75, 3.05) is 6.61 Å². The van der Waals surface area contributed by atoms with Gasteiger partial charge in [-0.05, 0) is 0 Å². The Morgan fingerprint density at radius 3 is 2.75 bits per heavy atom. The number of amidine groups is 1. The van der Waals surface area contributed by atoms with E-state index < -0.39 is 55.5 Å². The molecule has 4 N–H and O–H groups in total. The fourth-order valence-corrected chi connectivity index (χ4v) is 2.08. The number of halogens is 4. The van der Waals surface area contributed by atoms with Crippen LogP contribution in [0.15, 0.2) is 17.0 Å². The Hall–Kier alpha value is -1.39. The average molecular weight is 299 g/mol. The van der Waals surface area contributed by atoms with E-state index in [1.165, 1.54) is 0 Å². The van der Waals surface area contributed by atoms with Crippen LogP contribution >= 0.6 is 0 Å². The Bertz CT molecular complexity index is 447. The number of aliphatic hydroxyl groups is 2. The van der Waals surface area contributed by atoms with Gasteiger partial charge >= 0.3 is 0 Å². The molecule has 1 unspecified atom stereocenters. The van der Waals surface area contributed by atoms with Crippen LogP contribution in [0.4, 0.5) is 17.6 Å². The van der Waals surface area contributed by atoms with Gasteiger partial charge in [0.15, 0.2) is 17.3 Å². The van der Waals surface area contributed by atoms with E-state index in [1.807, 2.05) is 0 Å². The molecule has 6 nitrogen and oxygen atoms in total. The molecule has 0 radical (unpaired) electrons. The fraction of sp³-hybridized carbons (Fsp3) is 0.700. The van der Waals surface area contributed by atoms with Gasteiger partial charge in [-0.25, -0.2) is 22.6 Å². The molecule has 2 rings (SSSR count). The molecule has 114 valence electrons. The number of hydrogen-bond donors (Lipinski definition) is 3. The number of rotatable bonds is 3. The molecule has 0 spiro atoms. The highest BCUT2D eigenvalue weighted by Gasteiger charge is 2.57. The zero-order valence-corrected chi connectivity index (χ0v) is 10.1. The summed E-state index contributed by atoms with van der Waals surface area (Å²) in [5, 5.41) is 18.6. The smallest absolute Gasteiger partial charge is 0.272 e. The zero-order chi connectivity index (χ0) is 15.1. The SMILES string of the molecule is NC1=NC(O)N([C@H]2C[C@@H](F)[C@](CO)(C(F)F)O2)C=C1F. The quantitative estimate of drug-likeness (QED) is 0.629. The van der Waals surface area contributed by atoms with Gasteiger partial charge < -0.3 is 25.6 Å². The van der Waals surface area contributed by atoms with Crippen LogP contribution in [0.2, 0.25) is 0 Å². The zero-order valence-electron chi connectivity index (χ0n) is 10.1. The van der Waals surface area contributed by atoms with Crippen LogP contribution in [0.25, 0.3) is 0 Å². The maximum atomic E-state index is 13.8. The van der Waals surface area contributed by atoms with Gasteiger partial charge in [0, 0.05) is 12.6 Å². The van der Waals surface area contributed by atoms with E-state index in [4.69, 9.17) is 15.6 Å². The maximum Gasteiger partial charge on any atom is 0.272 e. The lowest BCUT2D eigenvalue weighted by Crippen LogP contribution is -2.50. The largest absolute Gasteiger partial charge is 0.393 e. The van der Waals surface area contributed by atoms with Crippen molar-refractivity contribution in [3.8, 4) is 0 Å². The van der Waals surface area contributed by atoms with E-state index >= 15 is 0 Å². The van der Waals surface area contributed by atoms with Crippen molar-refractivity contribution < 1.29 is 32.5 Å². The molecular formula is C10H13F4N3O3. The molecule has 2 aliphatic heterocycles. The van der Waals surface area contributed by atoms with Gasteiger partial charge in [0.1, 0.15) is 12.4 Å². The van der Waals surface area contributed by atoms with E-state index in [9.17, 15) is 22.7 Å². The Balaban J connectivity index is 2.21. The van der Waals surface area contributed by atoms with Crippen molar-refractivity contribution in [3.63, 3.8) is 0 Å². The summed E-state index contributed by atoms with van der Waals surface area (Å²) in [4.78, 5) is 4.03. The van der Waals surface area contributed by atoms with Crippen LogP contribution < -0.4 is 5.73 Å². The minimum absolute atomic E-state index is 0.564. The molecule has 0 bridgehead atoms. The maximum absolute atomic E-state index is 13.8. The third-order valence-corrected chi connectivity index (χ3v) is 3.27. The molecule has 10 heteroatoms. The first-order valence-electron chi connectivity index (χ1n) is 5.69. The molecule has 0 aliphatic carbocycles.